The summed E-state index contributed by atoms with van der Waals surface area (Å²) in [5.41, 5.74) is 0.500. The maximum atomic E-state index is 11.9. The van der Waals surface area contributed by atoms with Gasteiger partial charge in [-0.3, -0.25) is 9.59 Å². The van der Waals surface area contributed by atoms with Crippen LogP contribution in [0.4, 0.5) is 0 Å². The first-order valence-corrected chi connectivity index (χ1v) is 9.25. The number of sulfone groups is 1. The molecule has 0 heterocycles. The van der Waals surface area contributed by atoms with Gasteiger partial charge in [0.1, 0.15) is 0 Å². The van der Waals surface area contributed by atoms with Crippen LogP contribution in [0.1, 0.15) is 17.3 Å². The van der Waals surface area contributed by atoms with Gasteiger partial charge in [-0.15, -0.1) is 0 Å². The highest BCUT2D eigenvalue weighted by molar-refractivity contribution is 14.1. The van der Waals surface area contributed by atoms with E-state index >= 15 is 0 Å². The molecule has 0 bridgehead atoms. The lowest BCUT2D eigenvalue weighted by molar-refractivity contribution is -0.120. The second kappa shape index (κ2) is 8.32. The van der Waals surface area contributed by atoms with Crippen LogP contribution in [0.3, 0.4) is 0 Å². The molecule has 0 atom stereocenters. The van der Waals surface area contributed by atoms with E-state index in [1.807, 2.05) is 28.7 Å². The standard InChI is InChI=1S/C13H17IN2O4S/c1-2-21(19,20)8-7-15-12(17)9-16-13(18)10-5-3-4-6-11(10)14/h3-6H,2,7-9H2,1H3,(H,15,17)(H,16,18). The monoisotopic (exact) mass is 424 g/mol. The predicted octanol–water partition coefficient (Wildman–Crippen LogP) is 0.572. The van der Waals surface area contributed by atoms with Gasteiger partial charge in [0.05, 0.1) is 17.9 Å². The predicted molar refractivity (Wildman–Crippen MR) is 88.8 cm³/mol. The second-order valence-electron chi connectivity index (χ2n) is 4.25. The Morgan fingerprint density at radius 3 is 2.48 bits per heavy atom. The second-order valence-corrected chi connectivity index (χ2v) is 7.88. The van der Waals surface area contributed by atoms with Gasteiger partial charge in [0.15, 0.2) is 9.84 Å². The summed E-state index contributed by atoms with van der Waals surface area (Å²) < 4.78 is 23.3. The number of nitrogens with one attached hydrogen (secondary N) is 2. The number of carbonyl (C=O) groups excluding carboxylic acids is 2. The van der Waals surface area contributed by atoms with E-state index in [-0.39, 0.29) is 30.5 Å². The number of benzene rings is 1. The van der Waals surface area contributed by atoms with E-state index in [0.29, 0.717) is 5.56 Å². The molecule has 0 saturated heterocycles. The quantitative estimate of drug-likeness (QED) is 0.627. The molecule has 6 nitrogen and oxygen atoms in total. The van der Waals surface area contributed by atoms with Gasteiger partial charge in [-0.1, -0.05) is 19.1 Å². The molecule has 0 aliphatic rings. The zero-order valence-electron chi connectivity index (χ0n) is 11.6. The van der Waals surface area contributed by atoms with E-state index in [0.717, 1.165) is 3.57 Å². The highest BCUT2D eigenvalue weighted by Crippen LogP contribution is 2.10. The zero-order chi connectivity index (χ0) is 15.9. The Balaban J connectivity index is 2.37. The molecule has 1 aromatic rings. The molecule has 1 aromatic carbocycles. The lowest BCUT2D eigenvalue weighted by atomic mass is 10.2. The van der Waals surface area contributed by atoms with Crippen LogP contribution in [0.15, 0.2) is 24.3 Å². The van der Waals surface area contributed by atoms with E-state index in [1.165, 1.54) is 0 Å². The Labute approximate surface area is 137 Å². The number of hydrogen-bond donors (Lipinski definition) is 2. The molecule has 1 rings (SSSR count). The molecule has 8 heteroatoms. The van der Waals surface area contributed by atoms with Crippen LogP contribution in [0, 0.1) is 3.57 Å². The third kappa shape index (κ3) is 6.42. The van der Waals surface area contributed by atoms with Gasteiger partial charge in [0.25, 0.3) is 5.91 Å². The Morgan fingerprint density at radius 1 is 1.19 bits per heavy atom. The van der Waals surface area contributed by atoms with Crippen LogP contribution >= 0.6 is 22.6 Å². The van der Waals surface area contributed by atoms with Crippen molar-refractivity contribution < 1.29 is 18.0 Å². The summed E-state index contributed by atoms with van der Waals surface area (Å²) in [7, 11) is -3.10. The van der Waals surface area contributed by atoms with Gasteiger partial charge in [0, 0.05) is 15.9 Å². The van der Waals surface area contributed by atoms with E-state index < -0.39 is 15.7 Å². The summed E-state index contributed by atoms with van der Waals surface area (Å²) in [5.74, 6) is -0.803. The number of amides is 2. The van der Waals surface area contributed by atoms with Gasteiger partial charge in [0.2, 0.25) is 5.91 Å². The molecule has 21 heavy (non-hydrogen) atoms. The van der Waals surface area contributed by atoms with Gasteiger partial charge in [-0.2, -0.15) is 0 Å². The Hall–Kier alpha value is -1.16. The minimum atomic E-state index is -3.10. The maximum absolute atomic E-state index is 11.9. The van der Waals surface area contributed by atoms with E-state index in [1.54, 1.807) is 25.1 Å². The van der Waals surface area contributed by atoms with E-state index in [4.69, 9.17) is 0 Å². The third-order valence-corrected chi connectivity index (χ3v) is 5.35. The topological polar surface area (TPSA) is 92.3 Å². The molecule has 0 spiro atoms. The zero-order valence-corrected chi connectivity index (χ0v) is 14.5. The van der Waals surface area contributed by atoms with Crippen molar-refractivity contribution in [2.24, 2.45) is 0 Å². The highest BCUT2D eigenvalue weighted by Gasteiger charge is 2.11. The lowest BCUT2D eigenvalue weighted by Crippen LogP contribution is -2.39. The average molecular weight is 424 g/mol. The molecule has 0 aromatic heterocycles. The molecular formula is C13H17IN2O4S. The summed E-state index contributed by atoms with van der Waals surface area (Å²) in [5, 5.41) is 4.96. The Morgan fingerprint density at radius 2 is 1.86 bits per heavy atom. The fraction of sp³-hybridized carbons (Fsp3) is 0.385. The van der Waals surface area contributed by atoms with Gasteiger partial charge < -0.3 is 10.6 Å². The minimum absolute atomic E-state index is 0.0477. The molecule has 0 unspecified atom stereocenters. The fourth-order valence-corrected chi connectivity index (χ4v) is 2.79. The van der Waals surface area contributed by atoms with Gasteiger partial charge in [-0.25, -0.2) is 8.42 Å². The first-order valence-electron chi connectivity index (χ1n) is 6.35. The number of hydrogen-bond acceptors (Lipinski definition) is 4. The van der Waals surface area contributed by atoms with E-state index in [9.17, 15) is 18.0 Å². The van der Waals surface area contributed by atoms with Gasteiger partial charge in [-0.05, 0) is 34.7 Å². The number of halogens is 1. The van der Waals surface area contributed by atoms with Crippen LogP contribution in [-0.4, -0.2) is 44.8 Å². The normalized spacial score (nSPS) is 11.0. The first-order chi connectivity index (χ1) is 9.85. The molecule has 0 aliphatic heterocycles. The summed E-state index contributed by atoms with van der Waals surface area (Å²) >= 11 is 2.04. The van der Waals surface area contributed by atoms with Crippen molar-refractivity contribution in [2.45, 2.75) is 6.92 Å². The molecule has 2 N–H and O–H groups in total. The molecule has 0 radical (unpaired) electrons. The fourth-order valence-electron chi connectivity index (χ4n) is 1.45. The molecule has 0 saturated carbocycles. The highest BCUT2D eigenvalue weighted by atomic mass is 127. The minimum Gasteiger partial charge on any atom is -0.354 e. The Kier molecular flexibility index (Phi) is 7.09. The van der Waals surface area contributed by atoms with Crippen LogP contribution in [-0.2, 0) is 14.6 Å². The van der Waals surface area contributed by atoms with E-state index in [2.05, 4.69) is 10.6 Å². The number of carbonyl (C=O) groups is 2. The lowest BCUT2D eigenvalue weighted by Gasteiger charge is -2.08. The van der Waals surface area contributed by atoms with Crippen molar-refractivity contribution in [3.8, 4) is 0 Å². The summed E-state index contributed by atoms with van der Waals surface area (Å²) in [6, 6.07) is 7.03. The SMILES string of the molecule is CCS(=O)(=O)CCNC(=O)CNC(=O)c1ccccc1I. The summed E-state index contributed by atoms with van der Waals surface area (Å²) in [6.07, 6.45) is 0. The van der Waals surface area contributed by atoms with Crippen LogP contribution in [0.5, 0.6) is 0 Å². The van der Waals surface area contributed by atoms with Crippen molar-refractivity contribution in [2.75, 3.05) is 24.6 Å². The third-order valence-electron chi connectivity index (χ3n) is 2.70. The van der Waals surface area contributed by atoms with Crippen molar-refractivity contribution in [3.63, 3.8) is 0 Å². The summed E-state index contributed by atoms with van der Waals surface area (Å²) in [6.45, 7) is 1.42. The first kappa shape index (κ1) is 17.9. The Bertz CT molecular complexity index is 616. The van der Waals surface area contributed by atoms with Crippen LogP contribution in [0.2, 0.25) is 0 Å². The van der Waals surface area contributed by atoms with Gasteiger partial charge >= 0.3 is 0 Å². The van der Waals surface area contributed by atoms with Crippen molar-refractivity contribution >= 4 is 44.2 Å². The molecular weight excluding hydrogens is 407 g/mol. The molecule has 0 fully saturated rings. The smallest absolute Gasteiger partial charge is 0.252 e. The van der Waals surface area contributed by atoms with Crippen LogP contribution < -0.4 is 10.6 Å². The summed E-state index contributed by atoms with van der Waals surface area (Å²) in [4.78, 5) is 23.4. The van der Waals surface area contributed by atoms with Crippen LogP contribution in [0.25, 0.3) is 0 Å². The maximum Gasteiger partial charge on any atom is 0.252 e. The molecule has 116 valence electrons. The van der Waals surface area contributed by atoms with Crippen molar-refractivity contribution in [1.82, 2.24) is 10.6 Å². The number of rotatable bonds is 7. The van der Waals surface area contributed by atoms with Crippen molar-refractivity contribution in [1.29, 1.82) is 0 Å². The molecule has 0 aliphatic carbocycles. The van der Waals surface area contributed by atoms with Crippen molar-refractivity contribution in [3.05, 3.63) is 33.4 Å². The average Bonchev–Trinajstić information content (AvgIpc) is 2.45. The largest absolute Gasteiger partial charge is 0.354 e. The molecule has 2 amide bonds.